The molecule has 1 aromatic heterocycles. The second kappa shape index (κ2) is 9.54. The molecule has 1 aliphatic heterocycles. The number of aromatic nitrogens is 2. The zero-order valence-electron chi connectivity index (χ0n) is 17.5. The number of fused-ring (bicyclic) bond motifs is 1. The Hall–Kier alpha value is -2.52. The molecular formula is C23H25ClF2N4O2. The molecule has 0 spiro atoms. The third-order valence-corrected chi connectivity index (χ3v) is 6.05. The number of aliphatic hydroxyl groups is 1. The fourth-order valence-corrected chi connectivity index (χ4v) is 4.58. The van der Waals surface area contributed by atoms with Crippen LogP contribution < -0.4 is 11.3 Å². The number of hydrogen-bond donors (Lipinski definition) is 2. The second-order valence-electron chi connectivity index (χ2n) is 8.01. The summed E-state index contributed by atoms with van der Waals surface area (Å²) in [5.41, 5.74) is 9.30. The van der Waals surface area contributed by atoms with Crippen LogP contribution in [0.3, 0.4) is 0 Å². The summed E-state index contributed by atoms with van der Waals surface area (Å²) in [7, 11) is 0. The van der Waals surface area contributed by atoms with Gasteiger partial charge < -0.3 is 10.8 Å². The summed E-state index contributed by atoms with van der Waals surface area (Å²) in [6, 6.07) is 8.71. The number of aliphatic hydroxyl groups excluding tert-OH is 1. The summed E-state index contributed by atoms with van der Waals surface area (Å²) < 4.78 is 30.7. The van der Waals surface area contributed by atoms with Crippen molar-refractivity contribution in [3.05, 3.63) is 91.4 Å². The normalized spacial score (nSPS) is 14.0. The van der Waals surface area contributed by atoms with Crippen molar-refractivity contribution in [3.63, 3.8) is 0 Å². The second-order valence-corrected chi connectivity index (χ2v) is 8.45. The van der Waals surface area contributed by atoms with Crippen LogP contribution in [0.5, 0.6) is 0 Å². The monoisotopic (exact) mass is 462 g/mol. The lowest BCUT2D eigenvalue weighted by molar-refractivity contribution is 0.240. The molecule has 0 radical (unpaired) electrons. The lowest BCUT2D eigenvalue weighted by atomic mass is 10.1. The van der Waals surface area contributed by atoms with Crippen LogP contribution in [-0.4, -0.2) is 32.5 Å². The fraction of sp³-hybridized carbons (Fsp3) is 0.348. The van der Waals surface area contributed by atoms with Crippen LogP contribution in [0.15, 0.2) is 41.2 Å². The summed E-state index contributed by atoms with van der Waals surface area (Å²) in [5.74, 6) is -1.23. The molecule has 0 atom stereocenters. The molecule has 0 saturated heterocycles. The van der Waals surface area contributed by atoms with Crippen molar-refractivity contribution in [1.29, 1.82) is 0 Å². The summed E-state index contributed by atoms with van der Waals surface area (Å²) in [6.45, 7) is 2.36. The minimum absolute atomic E-state index is 0.123. The van der Waals surface area contributed by atoms with Gasteiger partial charge in [0.15, 0.2) is 0 Å². The Bertz CT molecular complexity index is 1170. The molecule has 3 aromatic rings. The molecule has 0 saturated carbocycles. The number of rotatable bonds is 7. The number of hydrogen-bond acceptors (Lipinski definition) is 4. The van der Waals surface area contributed by atoms with E-state index in [2.05, 4.69) is 0 Å². The lowest BCUT2D eigenvalue weighted by Crippen LogP contribution is -2.32. The van der Waals surface area contributed by atoms with Gasteiger partial charge in [-0.3, -0.25) is 14.4 Å². The minimum atomic E-state index is -0.614. The average molecular weight is 463 g/mol. The molecule has 1 aliphatic rings. The van der Waals surface area contributed by atoms with Gasteiger partial charge in [0, 0.05) is 49.4 Å². The highest BCUT2D eigenvalue weighted by Gasteiger charge is 2.26. The summed E-state index contributed by atoms with van der Waals surface area (Å²) in [4.78, 5) is 15.4. The van der Waals surface area contributed by atoms with E-state index in [9.17, 15) is 18.7 Å². The van der Waals surface area contributed by atoms with Gasteiger partial charge in [-0.25, -0.2) is 13.5 Å². The third kappa shape index (κ3) is 4.63. The third-order valence-electron chi connectivity index (χ3n) is 5.82. The Kier molecular flexibility index (Phi) is 6.76. The molecule has 3 N–H and O–H groups in total. The maximum Gasteiger partial charge on any atom is 0.271 e. The zero-order valence-corrected chi connectivity index (χ0v) is 18.3. The Balaban J connectivity index is 1.65. The zero-order chi connectivity index (χ0) is 22.8. The Morgan fingerprint density at radius 2 is 1.78 bits per heavy atom. The van der Waals surface area contributed by atoms with Gasteiger partial charge in [-0.1, -0.05) is 17.7 Å². The molecule has 6 nitrogen and oxygen atoms in total. The fourth-order valence-electron chi connectivity index (χ4n) is 4.38. The van der Waals surface area contributed by atoms with E-state index < -0.39 is 11.6 Å². The topological polar surface area (TPSA) is 76.4 Å². The van der Waals surface area contributed by atoms with Crippen LogP contribution in [-0.2, 0) is 39.2 Å². The van der Waals surface area contributed by atoms with Crippen molar-refractivity contribution in [2.75, 3.05) is 13.1 Å². The Morgan fingerprint density at radius 3 is 2.47 bits per heavy atom. The molecule has 4 rings (SSSR count). The highest BCUT2D eigenvalue weighted by atomic mass is 35.5. The maximum absolute atomic E-state index is 13.6. The van der Waals surface area contributed by atoms with E-state index in [4.69, 9.17) is 17.3 Å². The van der Waals surface area contributed by atoms with Gasteiger partial charge >= 0.3 is 0 Å². The number of benzene rings is 2. The quantitative estimate of drug-likeness (QED) is 0.566. The average Bonchev–Trinajstić information content (AvgIpc) is 3.00. The summed E-state index contributed by atoms with van der Waals surface area (Å²) >= 11 is 6.04. The molecule has 9 heteroatoms. The van der Waals surface area contributed by atoms with Crippen LogP contribution in [0.4, 0.5) is 8.78 Å². The molecule has 32 heavy (non-hydrogen) atoms. The van der Waals surface area contributed by atoms with Crippen molar-refractivity contribution >= 4 is 11.6 Å². The molecule has 0 amide bonds. The standard InChI is InChI=1S/C23H25ClF2N4O2/c24-18-2-1-16(17(9-18)14-31)12-30-23(32)21-13-28(5-3-22(21)29(30)6-4-27)11-15-7-19(25)10-20(26)8-15/h1-2,7-10,31H,3-6,11-14,27H2. The largest absolute Gasteiger partial charge is 0.392 e. The molecule has 0 unspecified atom stereocenters. The van der Waals surface area contributed by atoms with Gasteiger partial charge in [0.05, 0.1) is 25.3 Å². The molecule has 170 valence electrons. The van der Waals surface area contributed by atoms with Crippen molar-refractivity contribution in [1.82, 2.24) is 14.3 Å². The highest BCUT2D eigenvalue weighted by Crippen LogP contribution is 2.22. The molecular weight excluding hydrogens is 438 g/mol. The molecule has 0 aliphatic carbocycles. The van der Waals surface area contributed by atoms with E-state index in [-0.39, 0.29) is 18.7 Å². The van der Waals surface area contributed by atoms with E-state index in [0.717, 1.165) is 17.3 Å². The van der Waals surface area contributed by atoms with Crippen LogP contribution in [0.2, 0.25) is 5.02 Å². The van der Waals surface area contributed by atoms with Crippen LogP contribution in [0.25, 0.3) is 0 Å². The number of halogens is 3. The minimum Gasteiger partial charge on any atom is -0.392 e. The van der Waals surface area contributed by atoms with E-state index in [1.54, 1.807) is 16.8 Å². The predicted molar refractivity (Wildman–Crippen MR) is 118 cm³/mol. The Labute approximate surface area is 189 Å². The first-order chi connectivity index (χ1) is 15.4. The Morgan fingerprint density at radius 1 is 1.03 bits per heavy atom. The van der Waals surface area contributed by atoms with Crippen LogP contribution in [0, 0.1) is 11.6 Å². The van der Waals surface area contributed by atoms with Crippen molar-refractivity contribution < 1.29 is 13.9 Å². The van der Waals surface area contributed by atoms with Gasteiger partial charge in [-0.15, -0.1) is 0 Å². The summed E-state index contributed by atoms with van der Waals surface area (Å²) in [6.07, 6.45) is 0.628. The molecule has 0 fully saturated rings. The van der Waals surface area contributed by atoms with Crippen molar-refractivity contribution in [2.45, 2.75) is 39.2 Å². The highest BCUT2D eigenvalue weighted by molar-refractivity contribution is 6.30. The molecule has 2 heterocycles. The smallest absolute Gasteiger partial charge is 0.271 e. The van der Waals surface area contributed by atoms with Gasteiger partial charge in [0.1, 0.15) is 11.6 Å². The molecule has 2 aromatic carbocycles. The van der Waals surface area contributed by atoms with E-state index >= 15 is 0 Å². The number of nitrogens with two attached hydrogens (primary N) is 1. The van der Waals surface area contributed by atoms with Crippen LogP contribution >= 0.6 is 11.6 Å². The molecule has 0 bridgehead atoms. The predicted octanol–water partition coefficient (Wildman–Crippen LogP) is 2.64. The number of nitrogens with zero attached hydrogens (tertiary/aromatic N) is 3. The first-order valence-electron chi connectivity index (χ1n) is 10.5. The van der Waals surface area contributed by atoms with Crippen molar-refractivity contribution in [3.8, 4) is 0 Å². The van der Waals surface area contributed by atoms with Gasteiger partial charge in [0.25, 0.3) is 5.56 Å². The van der Waals surface area contributed by atoms with Gasteiger partial charge in [0.2, 0.25) is 0 Å². The van der Waals surface area contributed by atoms with Crippen molar-refractivity contribution in [2.24, 2.45) is 5.73 Å². The SMILES string of the molecule is NCCn1c2c(c(=O)n1Cc1ccc(Cl)cc1CO)CN(Cc1cc(F)cc(F)c1)CC2. The van der Waals surface area contributed by atoms with E-state index in [1.165, 1.54) is 12.1 Å². The van der Waals surface area contributed by atoms with E-state index in [0.29, 0.717) is 60.9 Å². The first-order valence-corrected chi connectivity index (χ1v) is 10.8. The summed E-state index contributed by atoms with van der Waals surface area (Å²) in [5, 5.41) is 10.2. The van der Waals surface area contributed by atoms with E-state index in [1.807, 2.05) is 15.6 Å². The van der Waals surface area contributed by atoms with Gasteiger partial charge in [-0.2, -0.15) is 0 Å². The van der Waals surface area contributed by atoms with Gasteiger partial charge in [-0.05, 0) is 41.0 Å². The van der Waals surface area contributed by atoms with Crippen LogP contribution in [0.1, 0.15) is 27.9 Å². The maximum atomic E-state index is 13.6. The lowest BCUT2D eigenvalue weighted by Gasteiger charge is -2.27. The first kappa shape index (κ1) is 22.7.